The second-order valence-electron chi connectivity index (χ2n) is 6.11. The van der Waals surface area contributed by atoms with Gasteiger partial charge in [-0.15, -0.1) is 0 Å². The van der Waals surface area contributed by atoms with E-state index in [9.17, 15) is 13.3 Å². The summed E-state index contributed by atoms with van der Waals surface area (Å²) in [7, 11) is -4.18. The van der Waals surface area contributed by atoms with Crippen molar-refractivity contribution >= 4 is 29.5 Å². The molecule has 4 rings (SSSR count). The second-order valence-corrected chi connectivity index (χ2v) is 7.75. The van der Waals surface area contributed by atoms with Crippen LogP contribution >= 0.6 is 7.60 Å². The standard InChI is InChI=1S/C17H13F2N4O3P/c18-11-3-13(19)16-14(4-11)23(15-6-20-9-22-17(15)16)7-12-2-1-10(5-21-12)8-27(24,25)26/h1-6,9H,7-8H2,(H2,24,25,26). The Labute approximate surface area is 151 Å². The Balaban J connectivity index is 1.80. The third-order valence-corrected chi connectivity index (χ3v) is 4.92. The first-order valence-electron chi connectivity index (χ1n) is 7.87. The SMILES string of the molecule is O=P(O)(O)Cc1ccc(Cn2c3cncnc3c3c(F)cc(F)cc32)nc1. The lowest BCUT2D eigenvalue weighted by Gasteiger charge is -2.08. The van der Waals surface area contributed by atoms with E-state index in [4.69, 9.17) is 9.79 Å². The molecule has 0 aliphatic carbocycles. The van der Waals surface area contributed by atoms with Gasteiger partial charge in [-0.25, -0.2) is 18.7 Å². The van der Waals surface area contributed by atoms with E-state index >= 15 is 0 Å². The fourth-order valence-electron chi connectivity index (χ4n) is 3.06. The Morgan fingerprint density at radius 2 is 1.89 bits per heavy atom. The molecule has 7 nitrogen and oxygen atoms in total. The second kappa shape index (κ2) is 6.45. The highest BCUT2D eigenvalue weighted by Gasteiger charge is 2.18. The van der Waals surface area contributed by atoms with E-state index in [0.29, 0.717) is 27.8 Å². The molecule has 0 spiro atoms. The summed E-state index contributed by atoms with van der Waals surface area (Å²) in [6, 6.07) is 5.21. The summed E-state index contributed by atoms with van der Waals surface area (Å²) >= 11 is 0. The monoisotopic (exact) mass is 390 g/mol. The van der Waals surface area contributed by atoms with Crippen molar-refractivity contribution in [1.29, 1.82) is 0 Å². The highest BCUT2D eigenvalue weighted by Crippen LogP contribution is 2.38. The van der Waals surface area contributed by atoms with Gasteiger partial charge in [-0.2, -0.15) is 0 Å². The van der Waals surface area contributed by atoms with Gasteiger partial charge in [0.1, 0.15) is 23.5 Å². The van der Waals surface area contributed by atoms with Crippen LogP contribution in [-0.4, -0.2) is 29.3 Å². The van der Waals surface area contributed by atoms with Crippen LogP contribution in [-0.2, 0) is 17.3 Å². The molecule has 3 aromatic heterocycles. The number of pyridine rings is 1. The molecule has 0 saturated carbocycles. The average Bonchev–Trinajstić information content (AvgIpc) is 2.89. The van der Waals surface area contributed by atoms with E-state index in [1.807, 2.05) is 0 Å². The maximum absolute atomic E-state index is 14.3. The van der Waals surface area contributed by atoms with Gasteiger partial charge in [0.2, 0.25) is 0 Å². The summed E-state index contributed by atoms with van der Waals surface area (Å²) in [6.45, 7) is 0.187. The van der Waals surface area contributed by atoms with Gasteiger partial charge in [-0.1, -0.05) is 6.07 Å². The maximum atomic E-state index is 14.3. The van der Waals surface area contributed by atoms with Crippen LogP contribution in [0, 0.1) is 11.6 Å². The molecule has 0 radical (unpaired) electrons. The number of fused-ring (bicyclic) bond motifs is 3. The first-order valence-corrected chi connectivity index (χ1v) is 9.67. The Kier molecular flexibility index (Phi) is 4.22. The van der Waals surface area contributed by atoms with Crippen molar-refractivity contribution in [2.45, 2.75) is 12.7 Å². The lowest BCUT2D eigenvalue weighted by molar-refractivity contribution is 0.371. The number of hydrogen-bond acceptors (Lipinski definition) is 4. The molecule has 4 aromatic rings. The van der Waals surface area contributed by atoms with Crippen LogP contribution in [0.3, 0.4) is 0 Å². The smallest absolute Gasteiger partial charge is 0.329 e. The van der Waals surface area contributed by atoms with Gasteiger partial charge < -0.3 is 14.4 Å². The van der Waals surface area contributed by atoms with Crippen molar-refractivity contribution in [3.8, 4) is 0 Å². The zero-order valence-electron chi connectivity index (χ0n) is 13.8. The van der Waals surface area contributed by atoms with E-state index < -0.39 is 25.4 Å². The maximum Gasteiger partial charge on any atom is 0.329 e. The minimum Gasteiger partial charge on any atom is -0.332 e. The first-order chi connectivity index (χ1) is 12.8. The molecule has 0 unspecified atom stereocenters. The Bertz CT molecular complexity index is 1200. The van der Waals surface area contributed by atoms with Gasteiger partial charge in [-0.05, 0) is 17.7 Å². The largest absolute Gasteiger partial charge is 0.332 e. The average molecular weight is 390 g/mol. The number of halogens is 2. The minimum absolute atomic E-state index is 0.187. The van der Waals surface area contributed by atoms with E-state index in [0.717, 1.165) is 6.07 Å². The molecule has 0 bridgehead atoms. The number of rotatable bonds is 4. The van der Waals surface area contributed by atoms with Crippen LogP contribution < -0.4 is 0 Å². The summed E-state index contributed by atoms with van der Waals surface area (Å²) in [5, 5.41) is 0.201. The predicted molar refractivity (Wildman–Crippen MR) is 94.0 cm³/mol. The Hall–Kier alpha value is -2.74. The lowest BCUT2D eigenvalue weighted by atomic mass is 10.2. The predicted octanol–water partition coefficient (Wildman–Crippen LogP) is 2.98. The Morgan fingerprint density at radius 1 is 1.07 bits per heavy atom. The van der Waals surface area contributed by atoms with Gasteiger partial charge in [0.25, 0.3) is 0 Å². The molecular weight excluding hydrogens is 377 g/mol. The van der Waals surface area contributed by atoms with Crippen molar-refractivity contribution < 1.29 is 23.1 Å². The van der Waals surface area contributed by atoms with Crippen molar-refractivity contribution in [1.82, 2.24) is 19.5 Å². The minimum atomic E-state index is -4.18. The van der Waals surface area contributed by atoms with E-state index in [-0.39, 0.29) is 11.9 Å². The van der Waals surface area contributed by atoms with Gasteiger partial charge in [0.15, 0.2) is 0 Å². The van der Waals surface area contributed by atoms with Crippen LogP contribution in [0.4, 0.5) is 8.78 Å². The van der Waals surface area contributed by atoms with Crippen LogP contribution in [0.2, 0.25) is 0 Å². The summed E-state index contributed by atoms with van der Waals surface area (Å²) < 4.78 is 40.8. The van der Waals surface area contributed by atoms with Crippen LogP contribution in [0.15, 0.2) is 43.0 Å². The molecule has 27 heavy (non-hydrogen) atoms. The summed E-state index contributed by atoms with van der Waals surface area (Å²) in [5.41, 5.74) is 2.17. The van der Waals surface area contributed by atoms with Crippen LogP contribution in [0.5, 0.6) is 0 Å². The molecule has 0 saturated heterocycles. The molecule has 0 atom stereocenters. The Morgan fingerprint density at radius 3 is 2.59 bits per heavy atom. The van der Waals surface area contributed by atoms with Crippen molar-refractivity contribution in [3.05, 3.63) is 65.9 Å². The summed E-state index contributed by atoms with van der Waals surface area (Å²) in [5.74, 6) is -1.42. The van der Waals surface area contributed by atoms with Crippen molar-refractivity contribution in [2.24, 2.45) is 0 Å². The van der Waals surface area contributed by atoms with Crippen LogP contribution in [0.1, 0.15) is 11.3 Å². The normalized spacial score (nSPS) is 12.1. The van der Waals surface area contributed by atoms with Crippen LogP contribution in [0.25, 0.3) is 21.9 Å². The topological polar surface area (TPSA) is 101 Å². The molecule has 0 aliphatic rings. The van der Waals surface area contributed by atoms with Gasteiger partial charge in [0.05, 0.1) is 41.0 Å². The van der Waals surface area contributed by atoms with Gasteiger partial charge in [0, 0.05) is 12.3 Å². The summed E-state index contributed by atoms with van der Waals surface area (Å²) in [6.07, 6.45) is 3.78. The number of hydrogen-bond donors (Lipinski definition) is 2. The molecule has 3 heterocycles. The quantitative estimate of drug-likeness (QED) is 0.520. The summed E-state index contributed by atoms with van der Waals surface area (Å²) in [4.78, 5) is 30.3. The zero-order chi connectivity index (χ0) is 19.2. The van der Waals surface area contributed by atoms with E-state index in [1.165, 1.54) is 24.8 Å². The number of nitrogens with zero attached hydrogens (tertiary/aromatic N) is 4. The van der Waals surface area contributed by atoms with Gasteiger partial charge in [-0.3, -0.25) is 9.55 Å². The van der Waals surface area contributed by atoms with E-state index in [1.54, 1.807) is 16.7 Å². The number of aromatic nitrogens is 4. The lowest BCUT2D eigenvalue weighted by Crippen LogP contribution is -2.03. The molecule has 0 fully saturated rings. The first kappa shape index (κ1) is 17.7. The van der Waals surface area contributed by atoms with Crippen molar-refractivity contribution in [3.63, 3.8) is 0 Å². The number of benzene rings is 1. The van der Waals surface area contributed by atoms with Crippen molar-refractivity contribution in [2.75, 3.05) is 0 Å². The molecule has 10 heteroatoms. The zero-order valence-corrected chi connectivity index (χ0v) is 14.6. The third-order valence-electron chi connectivity index (χ3n) is 4.14. The fourth-order valence-corrected chi connectivity index (χ4v) is 3.72. The molecule has 138 valence electrons. The molecule has 1 aromatic carbocycles. The highest BCUT2D eigenvalue weighted by atomic mass is 31.2. The molecule has 2 N–H and O–H groups in total. The molecule has 0 amide bonds. The fraction of sp³-hybridized carbons (Fsp3) is 0.118. The third kappa shape index (κ3) is 3.44. The molecular formula is C17H13F2N4O3P. The molecule has 0 aliphatic heterocycles. The highest BCUT2D eigenvalue weighted by molar-refractivity contribution is 7.50. The van der Waals surface area contributed by atoms with E-state index in [2.05, 4.69) is 15.0 Å². The van der Waals surface area contributed by atoms with Gasteiger partial charge >= 0.3 is 7.60 Å².